The van der Waals surface area contributed by atoms with E-state index in [-0.39, 0.29) is 11.7 Å². The Morgan fingerprint density at radius 1 is 1.17 bits per heavy atom. The molecule has 0 saturated heterocycles. The molecule has 0 saturated carbocycles. The van der Waals surface area contributed by atoms with Crippen LogP contribution in [0.4, 0.5) is 13.2 Å². The van der Waals surface area contributed by atoms with Crippen LogP contribution < -0.4 is 5.32 Å². The average Bonchev–Trinajstić information content (AvgIpc) is 2.78. The van der Waals surface area contributed by atoms with Gasteiger partial charge in [0.2, 0.25) is 0 Å². The van der Waals surface area contributed by atoms with Crippen molar-refractivity contribution in [3.63, 3.8) is 0 Å². The molecular formula is C15H17F3N4O. The Labute approximate surface area is 131 Å². The first kappa shape index (κ1) is 17.0. The maximum Gasteiger partial charge on any atom is 0.417 e. The fraction of sp³-hybridized carbons (Fsp3) is 0.400. The van der Waals surface area contributed by atoms with E-state index in [4.69, 9.17) is 0 Å². The molecule has 0 atom stereocenters. The van der Waals surface area contributed by atoms with E-state index >= 15 is 0 Å². The van der Waals surface area contributed by atoms with E-state index in [0.717, 1.165) is 12.3 Å². The van der Waals surface area contributed by atoms with Crippen molar-refractivity contribution < 1.29 is 18.0 Å². The molecule has 0 fully saturated rings. The Kier molecular flexibility index (Phi) is 4.19. The average molecular weight is 326 g/mol. The topological polar surface area (TPSA) is 59.8 Å². The molecule has 0 radical (unpaired) electrons. The second kappa shape index (κ2) is 5.68. The number of hydrogen-bond donors (Lipinski definition) is 1. The number of carbonyl (C=O) groups is 1. The van der Waals surface area contributed by atoms with E-state index in [1.54, 1.807) is 6.92 Å². The van der Waals surface area contributed by atoms with Gasteiger partial charge >= 0.3 is 6.18 Å². The van der Waals surface area contributed by atoms with Crippen molar-refractivity contribution in [2.75, 3.05) is 0 Å². The van der Waals surface area contributed by atoms with Gasteiger partial charge in [-0.1, -0.05) is 0 Å². The first-order chi connectivity index (χ1) is 10.5. The summed E-state index contributed by atoms with van der Waals surface area (Å²) in [6.07, 6.45) is -2.33. The fourth-order valence-electron chi connectivity index (χ4n) is 1.95. The van der Waals surface area contributed by atoms with Crippen LogP contribution in [0.3, 0.4) is 0 Å². The molecule has 0 unspecified atom stereocenters. The van der Waals surface area contributed by atoms with E-state index in [1.807, 2.05) is 20.8 Å². The van der Waals surface area contributed by atoms with Crippen LogP contribution in [0.15, 0.2) is 24.5 Å². The van der Waals surface area contributed by atoms with Crippen molar-refractivity contribution in [2.24, 2.45) is 0 Å². The second-order valence-electron chi connectivity index (χ2n) is 6.16. The molecule has 2 heterocycles. The Morgan fingerprint density at radius 3 is 2.30 bits per heavy atom. The standard InChI is InChI=1S/C15H17F3N4O/c1-9-11(13(23)21-14(2,3)4)8-20-22(9)12-6-5-10(7-19-12)15(16,17)18/h5-8H,1-4H3,(H,21,23). The van der Waals surface area contributed by atoms with E-state index in [9.17, 15) is 18.0 Å². The third-order valence-corrected chi connectivity index (χ3v) is 3.04. The molecule has 0 aromatic carbocycles. The normalized spacial score (nSPS) is 12.3. The molecule has 0 aliphatic rings. The molecule has 2 aromatic rings. The molecular weight excluding hydrogens is 309 g/mol. The minimum atomic E-state index is -4.44. The molecule has 1 N–H and O–H groups in total. The summed E-state index contributed by atoms with van der Waals surface area (Å²) >= 11 is 0. The number of rotatable bonds is 2. The highest BCUT2D eigenvalue weighted by Crippen LogP contribution is 2.28. The predicted molar refractivity (Wildman–Crippen MR) is 78.3 cm³/mol. The van der Waals surface area contributed by atoms with Crippen LogP contribution in [-0.2, 0) is 6.18 Å². The molecule has 1 amide bonds. The van der Waals surface area contributed by atoms with Crippen LogP contribution in [0.2, 0.25) is 0 Å². The summed E-state index contributed by atoms with van der Waals surface area (Å²) in [6.45, 7) is 7.20. The zero-order valence-corrected chi connectivity index (χ0v) is 13.2. The summed E-state index contributed by atoms with van der Waals surface area (Å²) in [5, 5.41) is 6.85. The van der Waals surface area contributed by atoms with Crippen LogP contribution in [-0.4, -0.2) is 26.2 Å². The fourth-order valence-corrected chi connectivity index (χ4v) is 1.95. The van der Waals surface area contributed by atoms with Crippen LogP contribution in [0, 0.1) is 6.92 Å². The number of pyridine rings is 1. The first-order valence-electron chi connectivity index (χ1n) is 6.90. The van der Waals surface area contributed by atoms with Gasteiger partial charge in [-0.2, -0.15) is 18.3 Å². The van der Waals surface area contributed by atoms with Gasteiger partial charge in [-0.3, -0.25) is 4.79 Å². The molecule has 23 heavy (non-hydrogen) atoms. The van der Waals surface area contributed by atoms with Gasteiger partial charge in [0.25, 0.3) is 5.91 Å². The number of nitrogens with one attached hydrogen (secondary N) is 1. The largest absolute Gasteiger partial charge is 0.417 e. The second-order valence-corrected chi connectivity index (χ2v) is 6.16. The number of nitrogens with zero attached hydrogens (tertiary/aromatic N) is 3. The highest BCUT2D eigenvalue weighted by atomic mass is 19.4. The van der Waals surface area contributed by atoms with Gasteiger partial charge in [0.05, 0.1) is 23.0 Å². The summed E-state index contributed by atoms with van der Waals surface area (Å²) in [7, 11) is 0. The molecule has 2 rings (SSSR count). The lowest BCUT2D eigenvalue weighted by Gasteiger charge is -2.20. The van der Waals surface area contributed by atoms with Crippen molar-refractivity contribution in [1.29, 1.82) is 0 Å². The number of halogens is 3. The van der Waals surface area contributed by atoms with Crippen molar-refractivity contribution in [3.05, 3.63) is 41.3 Å². The van der Waals surface area contributed by atoms with Gasteiger partial charge in [-0.15, -0.1) is 0 Å². The maximum atomic E-state index is 12.6. The molecule has 0 bridgehead atoms. The third-order valence-electron chi connectivity index (χ3n) is 3.04. The molecule has 124 valence electrons. The molecule has 5 nitrogen and oxygen atoms in total. The Hall–Kier alpha value is -2.38. The number of alkyl halides is 3. The Bertz CT molecular complexity index is 712. The molecule has 2 aromatic heterocycles. The van der Waals surface area contributed by atoms with Gasteiger partial charge in [-0.25, -0.2) is 9.67 Å². The van der Waals surface area contributed by atoms with Crippen molar-refractivity contribution in [2.45, 2.75) is 39.4 Å². The minimum absolute atomic E-state index is 0.213. The Morgan fingerprint density at radius 2 is 1.83 bits per heavy atom. The van der Waals surface area contributed by atoms with Gasteiger partial charge in [0.1, 0.15) is 0 Å². The van der Waals surface area contributed by atoms with Gasteiger partial charge in [0.15, 0.2) is 5.82 Å². The quantitative estimate of drug-likeness (QED) is 0.922. The van der Waals surface area contributed by atoms with Gasteiger partial charge < -0.3 is 5.32 Å². The van der Waals surface area contributed by atoms with Crippen molar-refractivity contribution in [3.8, 4) is 5.82 Å². The van der Waals surface area contributed by atoms with Crippen LogP contribution in [0.5, 0.6) is 0 Å². The lowest BCUT2D eigenvalue weighted by Crippen LogP contribution is -2.40. The summed E-state index contributed by atoms with van der Waals surface area (Å²) in [6, 6.07) is 2.15. The third kappa shape index (κ3) is 3.88. The zero-order valence-electron chi connectivity index (χ0n) is 13.2. The van der Waals surface area contributed by atoms with Crippen LogP contribution >= 0.6 is 0 Å². The summed E-state index contributed by atoms with van der Waals surface area (Å²) < 4.78 is 39.0. The molecule has 0 aliphatic heterocycles. The highest BCUT2D eigenvalue weighted by Gasteiger charge is 2.31. The van der Waals surface area contributed by atoms with Crippen molar-refractivity contribution in [1.82, 2.24) is 20.1 Å². The Balaban J connectivity index is 2.31. The summed E-state index contributed by atoms with van der Waals surface area (Å²) in [5.74, 6) is -0.0847. The predicted octanol–water partition coefficient (Wildman–Crippen LogP) is 3.12. The van der Waals surface area contributed by atoms with E-state index in [2.05, 4.69) is 15.4 Å². The maximum absolute atomic E-state index is 12.6. The monoisotopic (exact) mass is 326 g/mol. The highest BCUT2D eigenvalue weighted by molar-refractivity contribution is 5.95. The van der Waals surface area contributed by atoms with Gasteiger partial charge in [0, 0.05) is 11.7 Å². The van der Waals surface area contributed by atoms with E-state index in [0.29, 0.717) is 11.3 Å². The lowest BCUT2D eigenvalue weighted by atomic mass is 10.1. The lowest BCUT2D eigenvalue weighted by molar-refractivity contribution is -0.137. The van der Waals surface area contributed by atoms with Crippen LogP contribution in [0.25, 0.3) is 5.82 Å². The van der Waals surface area contributed by atoms with Crippen LogP contribution in [0.1, 0.15) is 42.4 Å². The number of hydrogen-bond acceptors (Lipinski definition) is 3. The van der Waals surface area contributed by atoms with E-state index < -0.39 is 17.3 Å². The molecule has 8 heteroatoms. The summed E-state index contributed by atoms with van der Waals surface area (Å²) in [4.78, 5) is 15.9. The number of amides is 1. The smallest absolute Gasteiger partial charge is 0.347 e. The molecule has 0 aliphatic carbocycles. The molecule has 0 spiro atoms. The number of aromatic nitrogens is 3. The SMILES string of the molecule is Cc1c(C(=O)NC(C)(C)C)cnn1-c1ccc(C(F)(F)F)cn1. The van der Waals surface area contributed by atoms with Gasteiger partial charge in [-0.05, 0) is 39.8 Å². The number of carbonyl (C=O) groups excluding carboxylic acids is 1. The summed E-state index contributed by atoms with van der Waals surface area (Å²) in [5.41, 5.74) is -0.393. The zero-order chi connectivity index (χ0) is 17.4. The first-order valence-corrected chi connectivity index (χ1v) is 6.90. The van der Waals surface area contributed by atoms with Crippen molar-refractivity contribution >= 4 is 5.91 Å². The van der Waals surface area contributed by atoms with E-state index in [1.165, 1.54) is 16.9 Å². The minimum Gasteiger partial charge on any atom is -0.347 e.